The summed E-state index contributed by atoms with van der Waals surface area (Å²) in [6, 6.07) is 0.796. The molecule has 3 aliphatic rings. The van der Waals surface area contributed by atoms with E-state index in [1.165, 1.54) is 12.8 Å². The van der Waals surface area contributed by atoms with E-state index in [0.717, 1.165) is 32.2 Å². The molecule has 2 heterocycles. The van der Waals surface area contributed by atoms with Crippen molar-refractivity contribution in [1.29, 1.82) is 0 Å². The lowest BCUT2D eigenvalue weighted by atomic mass is 9.90. The molecule has 0 aromatic carbocycles. The van der Waals surface area contributed by atoms with Gasteiger partial charge in [-0.05, 0) is 32.2 Å². The number of aliphatic imine (C=N–C) groups is 1. The first-order chi connectivity index (χ1) is 9.74. The second-order valence-corrected chi connectivity index (χ2v) is 6.37. The number of carbonyl (C=O) groups excluding carboxylic acids is 1. The van der Waals surface area contributed by atoms with E-state index >= 15 is 0 Å². The number of nitrogens with one attached hydrogen (secondary N) is 1. The van der Waals surface area contributed by atoms with Gasteiger partial charge in [-0.25, -0.2) is 0 Å². The van der Waals surface area contributed by atoms with Crippen molar-refractivity contribution in [2.24, 2.45) is 4.99 Å². The second-order valence-electron chi connectivity index (χ2n) is 6.37. The average molecular weight is 279 g/mol. The van der Waals surface area contributed by atoms with E-state index in [9.17, 15) is 9.90 Å². The highest BCUT2D eigenvalue weighted by Gasteiger charge is 2.34. The molecule has 3 rings (SSSR count). The van der Waals surface area contributed by atoms with Crippen molar-refractivity contribution in [3.63, 3.8) is 0 Å². The Bertz CT molecular complexity index is 385. The first kappa shape index (κ1) is 14.0. The molecule has 0 spiro atoms. The fourth-order valence-electron chi connectivity index (χ4n) is 3.72. The Hall–Kier alpha value is -0.940. The molecule has 0 amide bonds. The van der Waals surface area contributed by atoms with Gasteiger partial charge < -0.3 is 15.3 Å². The second kappa shape index (κ2) is 6.22. The van der Waals surface area contributed by atoms with Gasteiger partial charge in [0.2, 0.25) is 0 Å². The molecule has 1 aliphatic carbocycles. The van der Waals surface area contributed by atoms with E-state index in [1.807, 2.05) is 6.34 Å². The molecule has 0 radical (unpaired) electrons. The molecule has 1 saturated heterocycles. The van der Waals surface area contributed by atoms with Crippen LogP contribution < -0.4 is 5.32 Å². The summed E-state index contributed by atoms with van der Waals surface area (Å²) < 4.78 is 0. The van der Waals surface area contributed by atoms with E-state index in [1.54, 1.807) is 0 Å². The zero-order valence-corrected chi connectivity index (χ0v) is 12.0. The number of hydrogen-bond donors (Lipinski definition) is 2. The lowest BCUT2D eigenvalue weighted by Crippen LogP contribution is -2.47. The van der Waals surface area contributed by atoms with Crippen molar-refractivity contribution in [2.75, 3.05) is 13.1 Å². The van der Waals surface area contributed by atoms with Crippen LogP contribution in [-0.4, -0.2) is 59.4 Å². The van der Waals surface area contributed by atoms with Crippen LogP contribution in [0.15, 0.2) is 4.99 Å². The third-order valence-corrected chi connectivity index (χ3v) is 4.88. The summed E-state index contributed by atoms with van der Waals surface area (Å²) in [4.78, 5) is 18.9. The monoisotopic (exact) mass is 279 g/mol. The Balaban J connectivity index is 1.50. The fraction of sp³-hybridized carbons (Fsp3) is 0.867. The maximum Gasteiger partial charge on any atom is 0.153 e. The van der Waals surface area contributed by atoms with Gasteiger partial charge in [0.25, 0.3) is 0 Å². The highest BCUT2D eigenvalue weighted by atomic mass is 16.3. The molecule has 0 aromatic rings. The maximum absolute atomic E-state index is 12.2. The summed E-state index contributed by atoms with van der Waals surface area (Å²) in [5.74, 6) is 0.209. The van der Waals surface area contributed by atoms with E-state index in [0.29, 0.717) is 25.0 Å². The average Bonchev–Trinajstić information content (AvgIpc) is 2.85. The Kier molecular flexibility index (Phi) is 4.36. The smallest absolute Gasteiger partial charge is 0.153 e. The highest BCUT2D eigenvalue weighted by Crippen LogP contribution is 2.28. The zero-order chi connectivity index (χ0) is 13.9. The van der Waals surface area contributed by atoms with Crippen LogP contribution in [0, 0.1) is 0 Å². The Labute approximate surface area is 120 Å². The number of aliphatic hydroxyl groups is 1. The molecule has 0 aromatic heterocycles. The van der Waals surface area contributed by atoms with Crippen LogP contribution in [0.4, 0.5) is 0 Å². The first-order valence-corrected chi connectivity index (χ1v) is 7.96. The van der Waals surface area contributed by atoms with E-state index in [2.05, 4.69) is 15.2 Å². The lowest BCUT2D eigenvalue weighted by Gasteiger charge is -2.32. The van der Waals surface area contributed by atoms with Crippen LogP contribution in [-0.2, 0) is 4.79 Å². The van der Waals surface area contributed by atoms with Gasteiger partial charge >= 0.3 is 0 Å². The third kappa shape index (κ3) is 3.04. The van der Waals surface area contributed by atoms with Crippen LogP contribution in [0.5, 0.6) is 0 Å². The van der Waals surface area contributed by atoms with Crippen LogP contribution in [0.1, 0.15) is 44.9 Å². The van der Waals surface area contributed by atoms with Gasteiger partial charge in [-0.1, -0.05) is 12.8 Å². The summed E-state index contributed by atoms with van der Waals surface area (Å²) >= 11 is 0. The van der Waals surface area contributed by atoms with Crippen molar-refractivity contribution < 1.29 is 9.90 Å². The molecule has 1 saturated carbocycles. The maximum atomic E-state index is 12.2. The normalized spacial score (nSPS) is 37.0. The molecule has 2 fully saturated rings. The number of piperidine rings is 1. The highest BCUT2D eigenvalue weighted by molar-refractivity contribution is 5.83. The fourth-order valence-corrected chi connectivity index (χ4v) is 3.72. The molecule has 5 heteroatoms. The molecule has 4 atom stereocenters. The Morgan fingerprint density at radius 3 is 3.00 bits per heavy atom. The molecular formula is C15H25N3O2. The van der Waals surface area contributed by atoms with Crippen molar-refractivity contribution in [3.8, 4) is 0 Å². The van der Waals surface area contributed by atoms with Crippen LogP contribution >= 0.6 is 0 Å². The Morgan fingerprint density at radius 2 is 2.15 bits per heavy atom. The largest absolute Gasteiger partial charge is 0.391 e. The number of ketones is 1. The molecule has 0 bridgehead atoms. The SMILES string of the molecule is O=C(C[C@H]1NCCC[C@@H]1O)CN1C=NC2CCCCC21. The number of Topliss-reactive ketones (excluding diaryl/α,β-unsaturated/α-hetero) is 1. The summed E-state index contributed by atoms with van der Waals surface area (Å²) in [5, 5.41) is 13.2. The van der Waals surface area contributed by atoms with Gasteiger partial charge in [0.1, 0.15) is 0 Å². The Morgan fingerprint density at radius 1 is 1.30 bits per heavy atom. The minimum Gasteiger partial charge on any atom is -0.391 e. The minimum absolute atomic E-state index is 0.0575. The molecule has 112 valence electrons. The van der Waals surface area contributed by atoms with E-state index < -0.39 is 0 Å². The molecular weight excluding hydrogens is 254 g/mol. The zero-order valence-electron chi connectivity index (χ0n) is 12.0. The molecule has 2 unspecified atom stereocenters. The number of nitrogens with zero attached hydrogens (tertiary/aromatic N) is 2. The first-order valence-electron chi connectivity index (χ1n) is 7.96. The standard InChI is InChI=1S/C15H25N3O2/c19-11(8-13-15(20)6-3-7-16-13)9-18-10-17-12-4-1-2-5-14(12)18/h10,12-16,20H,1-9H2/t12?,13-,14?,15+/m1/s1. The summed E-state index contributed by atoms with van der Waals surface area (Å²) in [5.41, 5.74) is 0. The molecule has 2 N–H and O–H groups in total. The quantitative estimate of drug-likeness (QED) is 0.795. The van der Waals surface area contributed by atoms with Crippen molar-refractivity contribution in [3.05, 3.63) is 0 Å². The van der Waals surface area contributed by atoms with Gasteiger partial charge in [0, 0.05) is 12.5 Å². The van der Waals surface area contributed by atoms with E-state index in [4.69, 9.17) is 0 Å². The number of fused-ring (bicyclic) bond motifs is 1. The van der Waals surface area contributed by atoms with Crippen molar-refractivity contribution in [2.45, 2.75) is 69.2 Å². The summed E-state index contributed by atoms with van der Waals surface area (Å²) in [6.07, 6.45) is 8.57. The van der Waals surface area contributed by atoms with Gasteiger partial charge in [-0.3, -0.25) is 9.79 Å². The van der Waals surface area contributed by atoms with Gasteiger partial charge in [-0.15, -0.1) is 0 Å². The minimum atomic E-state index is -0.373. The van der Waals surface area contributed by atoms with Gasteiger partial charge in [0.05, 0.1) is 31.1 Å². The number of carbonyl (C=O) groups is 1. The van der Waals surface area contributed by atoms with Gasteiger partial charge in [-0.2, -0.15) is 0 Å². The van der Waals surface area contributed by atoms with Crippen LogP contribution in [0.3, 0.4) is 0 Å². The summed E-state index contributed by atoms with van der Waals surface area (Å²) in [6.45, 7) is 1.36. The topological polar surface area (TPSA) is 64.9 Å². The summed E-state index contributed by atoms with van der Waals surface area (Å²) in [7, 11) is 0. The number of hydrogen-bond acceptors (Lipinski definition) is 5. The number of rotatable bonds is 4. The third-order valence-electron chi connectivity index (χ3n) is 4.88. The van der Waals surface area contributed by atoms with Gasteiger partial charge in [0.15, 0.2) is 5.78 Å². The van der Waals surface area contributed by atoms with E-state index in [-0.39, 0.29) is 17.9 Å². The molecule has 2 aliphatic heterocycles. The number of aliphatic hydroxyl groups excluding tert-OH is 1. The van der Waals surface area contributed by atoms with Crippen LogP contribution in [0.2, 0.25) is 0 Å². The predicted octanol–water partition coefficient (Wildman–Crippen LogP) is 0.714. The van der Waals surface area contributed by atoms with Crippen molar-refractivity contribution >= 4 is 12.1 Å². The molecule has 20 heavy (non-hydrogen) atoms. The van der Waals surface area contributed by atoms with Crippen LogP contribution in [0.25, 0.3) is 0 Å². The predicted molar refractivity (Wildman–Crippen MR) is 77.9 cm³/mol. The lowest BCUT2D eigenvalue weighted by molar-refractivity contribution is -0.121. The molecule has 5 nitrogen and oxygen atoms in total. The van der Waals surface area contributed by atoms with Crippen molar-refractivity contribution in [1.82, 2.24) is 10.2 Å².